The normalized spacial score (nSPS) is 16.0. The summed E-state index contributed by atoms with van der Waals surface area (Å²) >= 11 is 6.28. The van der Waals surface area contributed by atoms with E-state index in [1.807, 2.05) is 0 Å². The molecule has 0 bridgehead atoms. The van der Waals surface area contributed by atoms with Gasteiger partial charge >= 0.3 is 5.97 Å². The van der Waals surface area contributed by atoms with Crippen LogP contribution in [0.15, 0.2) is 23.1 Å². The van der Waals surface area contributed by atoms with Crippen LogP contribution in [0.3, 0.4) is 0 Å². The van der Waals surface area contributed by atoms with Crippen LogP contribution in [0.4, 0.5) is 0 Å². The van der Waals surface area contributed by atoms with Crippen molar-refractivity contribution in [2.45, 2.75) is 0 Å². The Bertz CT molecular complexity index is 686. The number of ether oxygens (including phenoxy) is 3. The van der Waals surface area contributed by atoms with Crippen molar-refractivity contribution >= 4 is 46.3 Å². The van der Waals surface area contributed by atoms with Gasteiger partial charge < -0.3 is 14.2 Å². The zero-order valence-corrected chi connectivity index (χ0v) is 14.5. The van der Waals surface area contributed by atoms with E-state index in [1.54, 1.807) is 31.4 Å². The van der Waals surface area contributed by atoms with Gasteiger partial charge in [-0.3, -0.25) is 14.5 Å². The molecular weight excluding hydrogens is 338 g/mol. The lowest BCUT2D eigenvalue weighted by atomic mass is 10.2. The lowest BCUT2D eigenvalue weighted by Crippen LogP contribution is -2.33. The van der Waals surface area contributed by atoms with Crippen LogP contribution in [0.1, 0.15) is 5.56 Å². The highest BCUT2D eigenvalue weighted by atomic mass is 32.2. The van der Waals surface area contributed by atoms with Gasteiger partial charge in [0.15, 0.2) is 11.5 Å². The van der Waals surface area contributed by atoms with Crippen molar-refractivity contribution in [3.63, 3.8) is 0 Å². The smallest absolute Gasteiger partial charge is 0.325 e. The van der Waals surface area contributed by atoms with Crippen LogP contribution < -0.4 is 9.47 Å². The Kier molecular flexibility index (Phi) is 5.62. The number of thioether (sulfide) groups is 1. The standard InChI is InChI=1S/C15H15NO5S2/c1-19-10-5-4-9(6-11(10)20-2)7-12-14(18)16(15(22)23-12)8-13(17)21-3/h4-7H,8H2,1-3H3. The molecule has 1 aliphatic heterocycles. The maximum Gasteiger partial charge on any atom is 0.325 e. The van der Waals surface area contributed by atoms with Crippen molar-refractivity contribution in [2.24, 2.45) is 0 Å². The Hall–Kier alpha value is -2.06. The summed E-state index contributed by atoms with van der Waals surface area (Å²) in [6, 6.07) is 5.31. The number of hydrogen-bond donors (Lipinski definition) is 0. The number of nitrogens with zero attached hydrogens (tertiary/aromatic N) is 1. The number of methoxy groups -OCH3 is 3. The van der Waals surface area contributed by atoms with Gasteiger partial charge in [-0.05, 0) is 23.8 Å². The quantitative estimate of drug-likeness (QED) is 0.456. The fraction of sp³-hybridized carbons (Fsp3) is 0.267. The van der Waals surface area contributed by atoms with Crippen molar-refractivity contribution in [2.75, 3.05) is 27.9 Å². The first kappa shape index (κ1) is 17.3. The van der Waals surface area contributed by atoms with Crippen molar-refractivity contribution < 1.29 is 23.8 Å². The fourth-order valence-electron chi connectivity index (χ4n) is 1.92. The number of carbonyl (C=O) groups is 2. The monoisotopic (exact) mass is 353 g/mol. The van der Waals surface area contributed by atoms with E-state index in [1.165, 1.54) is 19.1 Å². The first-order valence-electron chi connectivity index (χ1n) is 6.54. The van der Waals surface area contributed by atoms with Gasteiger partial charge in [-0.15, -0.1) is 0 Å². The van der Waals surface area contributed by atoms with Gasteiger partial charge in [0.25, 0.3) is 5.91 Å². The molecule has 122 valence electrons. The Balaban J connectivity index is 2.25. The van der Waals surface area contributed by atoms with Gasteiger partial charge in [-0.2, -0.15) is 0 Å². The molecule has 0 N–H and O–H groups in total. The van der Waals surface area contributed by atoms with E-state index in [0.29, 0.717) is 20.7 Å². The number of benzene rings is 1. The third-order valence-corrected chi connectivity index (χ3v) is 4.47. The molecule has 0 radical (unpaired) electrons. The summed E-state index contributed by atoms with van der Waals surface area (Å²) < 4.78 is 15.3. The van der Waals surface area contributed by atoms with Gasteiger partial charge in [0.05, 0.1) is 26.2 Å². The van der Waals surface area contributed by atoms with Crippen molar-refractivity contribution in [1.29, 1.82) is 0 Å². The average molecular weight is 353 g/mol. The lowest BCUT2D eigenvalue weighted by molar-refractivity contribution is -0.143. The maximum atomic E-state index is 12.3. The molecule has 0 saturated carbocycles. The summed E-state index contributed by atoms with van der Waals surface area (Å²) in [6.45, 7) is -0.190. The average Bonchev–Trinajstić information content (AvgIpc) is 2.82. The van der Waals surface area contributed by atoms with Gasteiger partial charge in [0, 0.05) is 0 Å². The van der Waals surface area contributed by atoms with Crippen molar-refractivity contribution in [3.05, 3.63) is 28.7 Å². The highest BCUT2D eigenvalue weighted by Gasteiger charge is 2.33. The Morgan fingerprint density at radius 2 is 1.96 bits per heavy atom. The minimum atomic E-state index is -0.520. The molecule has 1 saturated heterocycles. The summed E-state index contributed by atoms with van der Waals surface area (Å²) in [6.07, 6.45) is 1.69. The number of hydrogen-bond acceptors (Lipinski definition) is 7. The molecule has 8 heteroatoms. The number of rotatable bonds is 5. The summed E-state index contributed by atoms with van der Waals surface area (Å²) in [4.78, 5) is 25.3. The molecule has 1 fully saturated rings. The van der Waals surface area contributed by atoms with E-state index in [9.17, 15) is 9.59 Å². The molecule has 1 aromatic rings. The van der Waals surface area contributed by atoms with Gasteiger partial charge in [-0.1, -0.05) is 30.0 Å². The second kappa shape index (κ2) is 7.47. The molecule has 0 aliphatic carbocycles. The summed E-state index contributed by atoms with van der Waals surface area (Å²) in [5.41, 5.74) is 0.765. The SMILES string of the molecule is COC(=O)CN1C(=O)C(=Cc2ccc(OC)c(OC)c2)SC1=S. The first-order valence-corrected chi connectivity index (χ1v) is 7.76. The number of carbonyl (C=O) groups excluding carboxylic acids is 2. The Morgan fingerprint density at radius 1 is 1.26 bits per heavy atom. The molecule has 1 aromatic carbocycles. The summed E-state index contributed by atoms with van der Waals surface area (Å²) in [5, 5.41) is 0. The van der Waals surface area contributed by atoms with E-state index in [4.69, 9.17) is 21.7 Å². The first-order chi connectivity index (χ1) is 11.0. The minimum absolute atomic E-state index is 0.190. The van der Waals surface area contributed by atoms with Crippen LogP contribution in [-0.2, 0) is 14.3 Å². The van der Waals surface area contributed by atoms with Crippen molar-refractivity contribution in [1.82, 2.24) is 4.90 Å². The molecule has 1 heterocycles. The molecule has 1 amide bonds. The van der Waals surface area contributed by atoms with E-state index < -0.39 is 5.97 Å². The van der Waals surface area contributed by atoms with Gasteiger partial charge in [-0.25, -0.2) is 0 Å². The number of thiocarbonyl (C=S) groups is 1. The minimum Gasteiger partial charge on any atom is -0.493 e. The second-order valence-corrected chi connectivity index (χ2v) is 6.13. The van der Waals surface area contributed by atoms with Gasteiger partial charge in [0.2, 0.25) is 0 Å². The Morgan fingerprint density at radius 3 is 2.57 bits per heavy atom. The van der Waals surface area contributed by atoms with Crippen molar-refractivity contribution in [3.8, 4) is 11.5 Å². The van der Waals surface area contributed by atoms with E-state index in [0.717, 1.165) is 17.3 Å². The molecule has 0 aromatic heterocycles. The highest BCUT2D eigenvalue weighted by Crippen LogP contribution is 2.34. The molecule has 6 nitrogen and oxygen atoms in total. The molecule has 0 unspecified atom stereocenters. The maximum absolute atomic E-state index is 12.3. The molecule has 23 heavy (non-hydrogen) atoms. The predicted molar refractivity (Wildman–Crippen MR) is 91.4 cm³/mol. The highest BCUT2D eigenvalue weighted by molar-refractivity contribution is 8.26. The fourth-order valence-corrected chi connectivity index (χ4v) is 3.18. The predicted octanol–water partition coefficient (Wildman–Crippen LogP) is 2.08. The largest absolute Gasteiger partial charge is 0.493 e. The van der Waals surface area contributed by atoms with E-state index >= 15 is 0 Å². The van der Waals surface area contributed by atoms with Crippen LogP contribution in [-0.4, -0.2) is 49.0 Å². The summed E-state index contributed by atoms with van der Waals surface area (Å²) in [7, 11) is 4.35. The third kappa shape index (κ3) is 3.83. The zero-order valence-electron chi connectivity index (χ0n) is 12.8. The summed E-state index contributed by atoms with van der Waals surface area (Å²) in [5.74, 6) is 0.322. The van der Waals surface area contributed by atoms with Crippen LogP contribution >= 0.6 is 24.0 Å². The number of esters is 1. The van der Waals surface area contributed by atoms with E-state index in [-0.39, 0.29) is 12.5 Å². The molecule has 0 atom stereocenters. The van der Waals surface area contributed by atoms with Crippen LogP contribution in [0.5, 0.6) is 11.5 Å². The molecule has 2 rings (SSSR count). The van der Waals surface area contributed by atoms with E-state index in [2.05, 4.69) is 4.74 Å². The molecular formula is C15H15NO5S2. The van der Waals surface area contributed by atoms with Gasteiger partial charge in [0.1, 0.15) is 10.9 Å². The molecule has 1 aliphatic rings. The van der Waals surface area contributed by atoms with Crippen LogP contribution in [0.25, 0.3) is 6.08 Å². The third-order valence-electron chi connectivity index (χ3n) is 3.09. The lowest BCUT2D eigenvalue weighted by Gasteiger charge is -2.12. The van der Waals surface area contributed by atoms with Crippen LogP contribution in [0, 0.1) is 0 Å². The second-order valence-electron chi connectivity index (χ2n) is 4.46. The zero-order chi connectivity index (χ0) is 17.0. The molecule has 0 spiro atoms. The van der Waals surface area contributed by atoms with Crippen LogP contribution in [0.2, 0.25) is 0 Å². The Labute approximate surface area is 143 Å². The number of amides is 1. The topological polar surface area (TPSA) is 65.1 Å².